The molecule has 0 atom stereocenters. The lowest BCUT2D eigenvalue weighted by atomic mass is 9.83. The molecular formula is C24H20N4. The number of rotatable bonds is 4. The third kappa shape index (κ3) is 3.74. The molecule has 0 fully saturated rings. The quantitative estimate of drug-likeness (QED) is 0.823. The monoisotopic (exact) mass is 364 g/mol. The van der Waals surface area contributed by atoms with Crippen LogP contribution in [0.1, 0.15) is 44.5 Å². The van der Waals surface area contributed by atoms with E-state index in [4.69, 9.17) is 0 Å². The fourth-order valence-corrected chi connectivity index (χ4v) is 4.25. The number of benzene rings is 2. The summed E-state index contributed by atoms with van der Waals surface area (Å²) in [6.45, 7) is 0. The number of hydrogen-bond acceptors (Lipinski definition) is 4. The van der Waals surface area contributed by atoms with Gasteiger partial charge in [0.2, 0.25) is 0 Å². The van der Waals surface area contributed by atoms with E-state index >= 15 is 0 Å². The largest absolute Gasteiger partial charge is 0.198 e. The Bertz CT molecular complexity index is 895. The summed E-state index contributed by atoms with van der Waals surface area (Å²) in [5.41, 5.74) is 8.39. The minimum absolute atomic E-state index is 0.308. The summed E-state index contributed by atoms with van der Waals surface area (Å²) in [5.74, 6) is 0. The van der Waals surface area contributed by atoms with Crippen LogP contribution in [0.2, 0.25) is 0 Å². The zero-order valence-corrected chi connectivity index (χ0v) is 15.8. The molecule has 0 heterocycles. The van der Waals surface area contributed by atoms with Crippen molar-refractivity contribution in [3.63, 3.8) is 0 Å². The van der Waals surface area contributed by atoms with Crippen LogP contribution in [-0.4, -0.2) is 0 Å². The van der Waals surface area contributed by atoms with Gasteiger partial charge in [0.1, 0.15) is 0 Å². The van der Waals surface area contributed by atoms with Gasteiger partial charge in [-0.25, -0.2) is 0 Å². The highest BCUT2D eigenvalue weighted by atomic mass is 14.3. The summed E-state index contributed by atoms with van der Waals surface area (Å²) in [6, 6.07) is 17.4. The Morgan fingerprint density at radius 2 is 0.679 bits per heavy atom. The second-order valence-electron chi connectivity index (χ2n) is 7.02. The lowest BCUT2D eigenvalue weighted by Crippen LogP contribution is -2.11. The third-order valence-electron chi connectivity index (χ3n) is 5.60. The van der Waals surface area contributed by atoms with Crippen LogP contribution in [0.3, 0.4) is 0 Å². The second kappa shape index (κ2) is 8.86. The molecule has 2 aromatic rings. The Morgan fingerprint density at radius 3 is 0.857 bits per heavy atom. The van der Waals surface area contributed by atoms with Gasteiger partial charge in [-0.05, 0) is 70.2 Å². The molecule has 0 aliphatic heterocycles. The van der Waals surface area contributed by atoms with Crippen molar-refractivity contribution in [1.29, 1.82) is 21.0 Å². The summed E-state index contributed by atoms with van der Waals surface area (Å²) in [5, 5.41) is 37.3. The van der Waals surface area contributed by atoms with Crippen LogP contribution in [-0.2, 0) is 51.4 Å². The van der Waals surface area contributed by atoms with Crippen molar-refractivity contribution in [2.45, 2.75) is 51.4 Å². The highest BCUT2D eigenvalue weighted by Gasteiger charge is 2.18. The SMILES string of the molecule is N#CCc1c2ccc(c1CC#N)CCc1ccc(c(CC#N)c1CC#N)CC2. The molecule has 0 radical (unpaired) electrons. The van der Waals surface area contributed by atoms with Crippen LogP contribution in [0.5, 0.6) is 0 Å². The van der Waals surface area contributed by atoms with E-state index in [9.17, 15) is 21.0 Å². The molecule has 0 spiro atoms. The van der Waals surface area contributed by atoms with Gasteiger partial charge >= 0.3 is 0 Å². The molecule has 4 heteroatoms. The maximum atomic E-state index is 9.32. The van der Waals surface area contributed by atoms with Crippen molar-refractivity contribution in [2.24, 2.45) is 0 Å². The van der Waals surface area contributed by atoms with Gasteiger partial charge in [0.25, 0.3) is 0 Å². The molecule has 0 amide bonds. The fourth-order valence-electron chi connectivity index (χ4n) is 4.25. The molecule has 0 saturated heterocycles. The van der Waals surface area contributed by atoms with E-state index in [0.29, 0.717) is 25.7 Å². The summed E-state index contributed by atoms with van der Waals surface area (Å²) in [7, 11) is 0. The molecule has 0 saturated carbocycles. The summed E-state index contributed by atoms with van der Waals surface area (Å²) in [6.07, 6.45) is 4.23. The zero-order chi connectivity index (χ0) is 19.9. The average molecular weight is 364 g/mol. The normalized spacial score (nSPS) is 12.1. The van der Waals surface area contributed by atoms with E-state index in [1.807, 2.05) is 0 Å². The Balaban J connectivity index is 2.16. The third-order valence-corrected chi connectivity index (χ3v) is 5.60. The first-order chi connectivity index (χ1) is 13.7. The van der Waals surface area contributed by atoms with Crippen LogP contribution in [0.15, 0.2) is 24.3 Å². The van der Waals surface area contributed by atoms with Gasteiger partial charge in [-0.1, -0.05) is 24.3 Å². The van der Waals surface area contributed by atoms with E-state index in [2.05, 4.69) is 48.5 Å². The summed E-state index contributed by atoms with van der Waals surface area (Å²) >= 11 is 0. The summed E-state index contributed by atoms with van der Waals surface area (Å²) in [4.78, 5) is 0. The lowest BCUT2D eigenvalue weighted by molar-refractivity contribution is 0.864. The molecule has 0 N–H and O–H groups in total. The number of aryl methyl sites for hydroxylation is 4. The smallest absolute Gasteiger partial charge is 0.0669 e. The van der Waals surface area contributed by atoms with Crippen LogP contribution in [0, 0.1) is 45.3 Å². The Morgan fingerprint density at radius 1 is 0.464 bits per heavy atom. The van der Waals surface area contributed by atoms with Crippen LogP contribution < -0.4 is 0 Å². The lowest BCUT2D eigenvalue weighted by Gasteiger charge is -2.21. The molecule has 136 valence electrons. The molecule has 4 aliphatic carbocycles. The Kier molecular flexibility index (Phi) is 6.07. The van der Waals surface area contributed by atoms with Gasteiger partial charge in [0, 0.05) is 0 Å². The van der Waals surface area contributed by atoms with Gasteiger partial charge in [0.05, 0.1) is 50.0 Å². The minimum atomic E-state index is 0.308. The highest BCUT2D eigenvalue weighted by Crippen LogP contribution is 2.29. The average Bonchev–Trinajstić information content (AvgIpc) is 2.68. The van der Waals surface area contributed by atoms with Gasteiger partial charge in [-0.3, -0.25) is 0 Å². The van der Waals surface area contributed by atoms with Crippen molar-refractivity contribution in [1.82, 2.24) is 0 Å². The maximum Gasteiger partial charge on any atom is 0.0669 e. The van der Waals surface area contributed by atoms with Gasteiger partial charge in [0.15, 0.2) is 0 Å². The van der Waals surface area contributed by atoms with E-state index in [-0.39, 0.29) is 0 Å². The van der Waals surface area contributed by atoms with Crippen molar-refractivity contribution >= 4 is 0 Å². The second-order valence-corrected chi connectivity index (χ2v) is 7.02. The Labute approximate surface area is 165 Å². The molecular weight excluding hydrogens is 344 g/mol. The van der Waals surface area contributed by atoms with Crippen LogP contribution in [0.4, 0.5) is 0 Å². The van der Waals surface area contributed by atoms with Crippen molar-refractivity contribution in [2.75, 3.05) is 0 Å². The Hall–Kier alpha value is -3.60. The number of nitriles is 4. The van der Waals surface area contributed by atoms with Crippen molar-refractivity contribution in [3.8, 4) is 24.3 Å². The highest BCUT2D eigenvalue weighted by molar-refractivity contribution is 5.48. The van der Waals surface area contributed by atoms with Gasteiger partial charge < -0.3 is 0 Å². The molecule has 2 aromatic carbocycles. The maximum absolute atomic E-state index is 9.32. The predicted molar refractivity (Wildman–Crippen MR) is 105 cm³/mol. The van der Waals surface area contributed by atoms with E-state index in [1.165, 1.54) is 0 Å². The first-order valence-corrected chi connectivity index (χ1v) is 9.46. The first kappa shape index (κ1) is 19.2. The zero-order valence-electron chi connectivity index (χ0n) is 15.8. The molecule has 6 rings (SSSR count). The van der Waals surface area contributed by atoms with Crippen molar-refractivity contribution in [3.05, 3.63) is 68.8 Å². The van der Waals surface area contributed by atoms with Gasteiger partial charge in [-0.2, -0.15) is 21.0 Å². The van der Waals surface area contributed by atoms with Crippen LogP contribution in [0.25, 0.3) is 0 Å². The van der Waals surface area contributed by atoms with Gasteiger partial charge in [-0.15, -0.1) is 0 Å². The first-order valence-electron chi connectivity index (χ1n) is 9.46. The topological polar surface area (TPSA) is 95.2 Å². The van der Waals surface area contributed by atoms with E-state index in [0.717, 1.165) is 70.2 Å². The van der Waals surface area contributed by atoms with Crippen molar-refractivity contribution < 1.29 is 0 Å². The number of nitrogens with zero attached hydrogens (tertiary/aromatic N) is 4. The molecule has 28 heavy (non-hydrogen) atoms. The molecule has 4 bridgehead atoms. The number of hydrogen-bond donors (Lipinski definition) is 0. The minimum Gasteiger partial charge on any atom is -0.198 e. The molecule has 4 nitrogen and oxygen atoms in total. The van der Waals surface area contributed by atoms with E-state index in [1.54, 1.807) is 0 Å². The predicted octanol–water partition coefficient (Wildman–Crippen LogP) is 3.83. The standard InChI is InChI=1S/C24H20N4/c25-13-9-21-17-1-2-18(22(21)10-14-26)7-8-20-4-3-19(6-5-17)23(11-15-27)24(20)12-16-28/h1-4H,5-12H2. The summed E-state index contributed by atoms with van der Waals surface area (Å²) < 4.78 is 0. The molecule has 0 aromatic heterocycles. The molecule has 4 aliphatic rings. The fraction of sp³-hybridized carbons (Fsp3) is 0.333. The molecule has 0 unspecified atom stereocenters. The van der Waals surface area contributed by atoms with Crippen LogP contribution >= 0.6 is 0 Å². The van der Waals surface area contributed by atoms with E-state index < -0.39 is 0 Å².